The van der Waals surface area contributed by atoms with Crippen molar-refractivity contribution >= 4 is 5.78 Å². The average Bonchev–Trinajstić information content (AvgIpc) is 2.88. The van der Waals surface area contributed by atoms with Gasteiger partial charge in [-0.15, -0.1) is 0 Å². The quantitative estimate of drug-likeness (QED) is 0.793. The number of rotatable bonds is 6. The molecule has 19 heavy (non-hydrogen) atoms. The van der Waals surface area contributed by atoms with Gasteiger partial charge >= 0.3 is 0 Å². The third kappa shape index (κ3) is 4.46. The van der Waals surface area contributed by atoms with Gasteiger partial charge in [0.1, 0.15) is 0 Å². The van der Waals surface area contributed by atoms with E-state index >= 15 is 0 Å². The van der Waals surface area contributed by atoms with Gasteiger partial charge < -0.3 is 5.32 Å². The Kier molecular flexibility index (Phi) is 5.15. The smallest absolute Gasteiger partial charge is 0.162 e. The lowest BCUT2D eigenvalue weighted by atomic mass is 9.95. The number of hydrogen-bond donors (Lipinski definition) is 1. The minimum absolute atomic E-state index is 0.303. The summed E-state index contributed by atoms with van der Waals surface area (Å²) in [6.45, 7) is 6.62. The Morgan fingerprint density at radius 2 is 2.26 bits per heavy atom. The van der Waals surface area contributed by atoms with Crippen LogP contribution in [-0.4, -0.2) is 18.9 Å². The lowest BCUT2D eigenvalue weighted by molar-refractivity contribution is 0.0974. The Balaban J connectivity index is 1.90. The van der Waals surface area contributed by atoms with E-state index in [4.69, 9.17) is 0 Å². The predicted molar refractivity (Wildman–Crippen MR) is 79.5 cm³/mol. The number of benzene rings is 1. The molecule has 2 heteroatoms. The van der Waals surface area contributed by atoms with E-state index in [1.54, 1.807) is 0 Å². The van der Waals surface area contributed by atoms with Gasteiger partial charge in [0, 0.05) is 12.0 Å². The molecule has 0 amide bonds. The second kappa shape index (κ2) is 6.85. The summed E-state index contributed by atoms with van der Waals surface area (Å²) in [7, 11) is 0. The van der Waals surface area contributed by atoms with Crippen molar-refractivity contribution in [1.29, 1.82) is 0 Å². The standard InChI is InChI=1S/C17H25NO/c1-13(2)10-15-4-3-5-16(11-15)17(19)7-6-14-8-9-18-12-14/h3-5,11,13-14,18H,6-10,12H2,1-2H3. The maximum atomic E-state index is 12.2. The second-order valence-electron chi connectivity index (χ2n) is 6.12. The molecule has 0 aromatic heterocycles. The van der Waals surface area contributed by atoms with Crippen LogP contribution in [0.2, 0.25) is 0 Å². The van der Waals surface area contributed by atoms with E-state index < -0.39 is 0 Å². The van der Waals surface area contributed by atoms with E-state index in [-0.39, 0.29) is 0 Å². The first-order valence-corrected chi connectivity index (χ1v) is 7.48. The van der Waals surface area contributed by atoms with Crippen LogP contribution >= 0.6 is 0 Å². The molecular weight excluding hydrogens is 234 g/mol. The van der Waals surface area contributed by atoms with Gasteiger partial charge in [0.2, 0.25) is 0 Å². The lowest BCUT2D eigenvalue weighted by Gasteiger charge is -2.09. The summed E-state index contributed by atoms with van der Waals surface area (Å²) >= 11 is 0. The van der Waals surface area contributed by atoms with E-state index in [9.17, 15) is 4.79 Å². The van der Waals surface area contributed by atoms with Crippen molar-refractivity contribution in [2.75, 3.05) is 13.1 Å². The molecular formula is C17H25NO. The van der Waals surface area contributed by atoms with Crippen LogP contribution in [0.3, 0.4) is 0 Å². The molecule has 1 atom stereocenters. The first-order valence-electron chi connectivity index (χ1n) is 7.48. The summed E-state index contributed by atoms with van der Waals surface area (Å²) in [6, 6.07) is 8.17. The van der Waals surface area contributed by atoms with Crippen molar-refractivity contribution in [1.82, 2.24) is 5.32 Å². The molecule has 2 nitrogen and oxygen atoms in total. The Bertz CT molecular complexity index is 419. The summed E-state index contributed by atoms with van der Waals surface area (Å²) in [5.41, 5.74) is 2.17. The molecule has 1 N–H and O–H groups in total. The minimum Gasteiger partial charge on any atom is -0.316 e. The summed E-state index contributed by atoms with van der Waals surface area (Å²) < 4.78 is 0. The van der Waals surface area contributed by atoms with Gasteiger partial charge in [0.25, 0.3) is 0 Å². The highest BCUT2D eigenvalue weighted by Crippen LogP contribution is 2.18. The molecule has 1 heterocycles. The fourth-order valence-electron chi connectivity index (χ4n) is 2.78. The van der Waals surface area contributed by atoms with Gasteiger partial charge in [0.15, 0.2) is 5.78 Å². The lowest BCUT2D eigenvalue weighted by Crippen LogP contribution is -2.10. The number of hydrogen-bond acceptors (Lipinski definition) is 2. The van der Waals surface area contributed by atoms with Crippen molar-refractivity contribution in [3.05, 3.63) is 35.4 Å². The molecule has 0 saturated carbocycles. The maximum Gasteiger partial charge on any atom is 0.162 e. The van der Waals surface area contributed by atoms with Crippen molar-refractivity contribution < 1.29 is 4.79 Å². The fourth-order valence-corrected chi connectivity index (χ4v) is 2.78. The molecule has 2 rings (SSSR count). The number of ketones is 1. The summed E-state index contributed by atoms with van der Waals surface area (Å²) in [4.78, 5) is 12.2. The molecule has 0 aliphatic carbocycles. The van der Waals surface area contributed by atoms with E-state index in [0.717, 1.165) is 31.5 Å². The zero-order valence-corrected chi connectivity index (χ0v) is 12.1. The monoisotopic (exact) mass is 259 g/mol. The highest BCUT2D eigenvalue weighted by atomic mass is 16.1. The van der Waals surface area contributed by atoms with Crippen molar-refractivity contribution in [3.63, 3.8) is 0 Å². The van der Waals surface area contributed by atoms with Crippen molar-refractivity contribution in [3.8, 4) is 0 Å². The molecule has 0 bridgehead atoms. The van der Waals surface area contributed by atoms with Crippen molar-refractivity contribution in [2.24, 2.45) is 11.8 Å². The number of carbonyl (C=O) groups is 1. The Morgan fingerprint density at radius 3 is 2.95 bits per heavy atom. The third-order valence-corrected chi connectivity index (χ3v) is 3.83. The molecule has 104 valence electrons. The first kappa shape index (κ1) is 14.3. The second-order valence-corrected chi connectivity index (χ2v) is 6.12. The van der Waals surface area contributed by atoms with Gasteiger partial charge in [-0.3, -0.25) is 4.79 Å². The van der Waals surface area contributed by atoms with Gasteiger partial charge in [-0.05, 0) is 55.8 Å². The third-order valence-electron chi connectivity index (χ3n) is 3.83. The van der Waals surface area contributed by atoms with Gasteiger partial charge in [0.05, 0.1) is 0 Å². The summed E-state index contributed by atoms with van der Waals surface area (Å²) in [5.74, 6) is 1.63. The van der Waals surface area contributed by atoms with E-state index in [0.29, 0.717) is 24.0 Å². The topological polar surface area (TPSA) is 29.1 Å². The van der Waals surface area contributed by atoms with Crippen LogP contribution in [0.25, 0.3) is 0 Å². The molecule has 0 radical (unpaired) electrons. The Hall–Kier alpha value is -1.15. The van der Waals surface area contributed by atoms with Gasteiger partial charge in [-0.2, -0.15) is 0 Å². The normalized spacial score (nSPS) is 19.0. The number of Topliss-reactive ketones (excluding diaryl/α,β-unsaturated/α-hetero) is 1. The van der Waals surface area contributed by atoms with Gasteiger partial charge in [-0.25, -0.2) is 0 Å². The van der Waals surface area contributed by atoms with E-state index in [2.05, 4.69) is 31.3 Å². The first-order chi connectivity index (χ1) is 9.15. The molecule has 1 aromatic carbocycles. The fraction of sp³-hybridized carbons (Fsp3) is 0.588. The van der Waals surface area contributed by atoms with Gasteiger partial charge in [-0.1, -0.05) is 32.0 Å². The zero-order chi connectivity index (χ0) is 13.7. The predicted octanol–water partition coefficient (Wildman–Crippen LogP) is 3.46. The largest absolute Gasteiger partial charge is 0.316 e. The van der Waals surface area contributed by atoms with Crippen LogP contribution < -0.4 is 5.32 Å². The highest BCUT2D eigenvalue weighted by molar-refractivity contribution is 5.96. The molecule has 1 aromatic rings. The van der Waals surface area contributed by atoms with E-state index in [1.165, 1.54) is 12.0 Å². The molecule has 1 aliphatic heterocycles. The zero-order valence-electron chi connectivity index (χ0n) is 12.1. The SMILES string of the molecule is CC(C)Cc1cccc(C(=O)CCC2CCNC2)c1. The summed E-state index contributed by atoms with van der Waals surface area (Å²) in [5, 5.41) is 3.36. The Morgan fingerprint density at radius 1 is 1.42 bits per heavy atom. The summed E-state index contributed by atoms with van der Waals surface area (Å²) in [6.07, 6.45) is 3.99. The molecule has 1 aliphatic rings. The Labute approximate surface area is 116 Å². The number of carbonyl (C=O) groups excluding carboxylic acids is 1. The molecule has 0 spiro atoms. The van der Waals surface area contributed by atoms with Crippen LogP contribution in [0.4, 0.5) is 0 Å². The molecule has 1 saturated heterocycles. The maximum absolute atomic E-state index is 12.2. The average molecular weight is 259 g/mol. The van der Waals surface area contributed by atoms with Crippen LogP contribution in [0.5, 0.6) is 0 Å². The minimum atomic E-state index is 0.303. The van der Waals surface area contributed by atoms with Crippen LogP contribution in [0.15, 0.2) is 24.3 Å². The van der Waals surface area contributed by atoms with Crippen LogP contribution in [0, 0.1) is 11.8 Å². The van der Waals surface area contributed by atoms with Crippen LogP contribution in [-0.2, 0) is 6.42 Å². The molecule has 1 unspecified atom stereocenters. The van der Waals surface area contributed by atoms with Crippen molar-refractivity contribution in [2.45, 2.75) is 39.5 Å². The molecule has 1 fully saturated rings. The highest BCUT2D eigenvalue weighted by Gasteiger charge is 2.16. The van der Waals surface area contributed by atoms with Crippen LogP contribution in [0.1, 0.15) is 49.0 Å². The van der Waals surface area contributed by atoms with E-state index in [1.807, 2.05) is 12.1 Å². The number of nitrogens with one attached hydrogen (secondary N) is 1.